The summed E-state index contributed by atoms with van der Waals surface area (Å²) in [5.41, 5.74) is 5.65. The van der Waals surface area contributed by atoms with Gasteiger partial charge in [-0.2, -0.15) is 0 Å². The fraction of sp³-hybridized carbons (Fsp3) is 0.571. The van der Waals surface area contributed by atoms with Crippen LogP contribution >= 0.6 is 0 Å². The minimum Gasteiger partial charge on any atom is -0.491 e. The number of aryl methyl sites for hydroxylation is 4. The quantitative estimate of drug-likeness (QED) is 0.561. The highest BCUT2D eigenvalue weighted by Gasteiger charge is 2.22. The maximum atomic E-state index is 10.5. The van der Waals surface area contributed by atoms with Gasteiger partial charge in [0.1, 0.15) is 36.9 Å². The molecule has 1 saturated heterocycles. The average Bonchev–Trinajstić information content (AvgIpc) is 3.51. The molecule has 2 aromatic rings. The first kappa shape index (κ1) is 23.6. The van der Waals surface area contributed by atoms with Crippen LogP contribution in [0.15, 0.2) is 36.4 Å². The highest BCUT2D eigenvalue weighted by Crippen LogP contribution is 2.27. The Morgan fingerprint density at radius 3 is 1.47 bits per heavy atom. The largest absolute Gasteiger partial charge is 0.491 e. The summed E-state index contributed by atoms with van der Waals surface area (Å²) < 4.78 is 11.7. The third-order valence-corrected chi connectivity index (χ3v) is 7.43. The number of fused-ring (bicyclic) bond motifs is 2. The molecule has 0 unspecified atom stereocenters. The minimum absolute atomic E-state index is 0.317. The molecule has 1 fully saturated rings. The molecule has 2 atom stereocenters. The molecule has 184 valence electrons. The van der Waals surface area contributed by atoms with Gasteiger partial charge >= 0.3 is 0 Å². The maximum Gasteiger partial charge on any atom is 0.119 e. The van der Waals surface area contributed by atoms with Crippen LogP contribution in [0.1, 0.15) is 35.1 Å². The van der Waals surface area contributed by atoms with E-state index in [1.165, 1.54) is 47.9 Å². The van der Waals surface area contributed by atoms with Crippen molar-refractivity contribution in [3.63, 3.8) is 0 Å². The Morgan fingerprint density at radius 2 is 1.03 bits per heavy atom. The summed E-state index contributed by atoms with van der Waals surface area (Å²) in [7, 11) is 0. The van der Waals surface area contributed by atoms with Gasteiger partial charge in [0.15, 0.2) is 0 Å². The molecular weight excluding hydrogens is 428 g/mol. The standard InChI is InChI=1S/C28H38N2O4/c31-25(19-33-27-9-7-21-3-1-5-23(21)15-27)17-29-11-13-30(14-12-29)18-26(32)20-34-28-10-8-22-4-2-6-24(22)16-28/h7-10,15-16,25-26,31-32H,1-6,11-14,17-20H2/t25-,26+. The van der Waals surface area contributed by atoms with E-state index in [0.29, 0.717) is 26.3 Å². The number of rotatable bonds is 10. The van der Waals surface area contributed by atoms with E-state index in [4.69, 9.17) is 9.47 Å². The summed E-state index contributed by atoms with van der Waals surface area (Å²) in [4.78, 5) is 4.56. The van der Waals surface area contributed by atoms with Gasteiger partial charge in [0.25, 0.3) is 0 Å². The summed E-state index contributed by atoms with van der Waals surface area (Å²) in [6, 6.07) is 12.6. The Bertz CT molecular complexity index is 880. The van der Waals surface area contributed by atoms with Crippen molar-refractivity contribution in [3.05, 3.63) is 58.7 Å². The zero-order valence-corrected chi connectivity index (χ0v) is 20.1. The van der Waals surface area contributed by atoms with Crippen LogP contribution in [0.25, 0.3) is 0 Å². The van der Waals surface area contributed by atoms with Crippen molar-refractivity contribution in [1.29, 1.82) is 0 Å². The van der Waals surface area contributed by atoms with Gasteiger partial charge in [-0.15, -0.1) is 0 Å². The van der Waals surface area contributed by atoms with Crippen LogP contribution in [0.3, 0.4) is 0 Å². The minimum atomic E-state index is -0.508. The van der Waals surface area contributed by atoms with Crippen molar-refractivity contribution in [3.8, 4) is 11.5 Å². The number of β-amino-alcohol motifs (C(OH)–C–C–N with tert-alkyl or cyclic N) is 2. The van der Waals surface area contributed by atoms with Gasteiger partial charge in [-0.3, -0.25) is 9.80 Å². The van der Waals surface area contributed by atoms with Gasteiger partial charge in [-0.05, 0) is 85.0 Å². The number of nitrogens with zero attached hydrogens (tertiary/aromatic N) is 2. The molecule has 5 rings (SSSR count). The monoisotopic (exact) mass is 466 g/mol. The van der Waals surface area contributed by atoms with Crippen molar-refractivity contribution in [1.82, 2.24) is 9.80 Å². The second-order valence-electron chi connectivity index (χ2n) is 10.1. The van der Waals surface area contributed by atoms with Gasteiger partial charge in [0.2, 0.25) is 0 Å². The fourth-order valence-electron chi connectivity index (χ4n) is 5.52. The molecule has 2 aromatic carbocycles. The van der Waals surface area contributed by atoms with E-state index in [2.05, 4.69) is 34.1 Å². The highest BCUT2D eigenvalue weighted by molar-refractivity contribution is 5.39. The van der Waals surface area contributed by atoms with Crippen LogP contribution in [0.4, 0.5) is 0 Å². The number of piperazine rings is 1. The third-order valence-electron chi connectivity index (χ3n) is 7.43. The Labute approximate surface area is 203 Å². The predicted molar refractivity (Wildman–Crippen MR) is 133 cm³/mol. The summed E-state index contributed by atoms with van der Waals surface area (Å²) in [5.74, 6) is 1.72. The second kappa shape index (κ2) is 11.1. The Hall–Kier alpha value is -2.12. The molecule has 6 heteroatoms. The maximum absolute atomic E-state index is 10.5. The molecule has 1 aliphatic heterocycles. The SMILES string of the molecule is O[C@H](COc1ccc2c(c1)CCC2)CN1CCN(C[C@@H](O)COc2ccc3c(c2)CCC3)CC1. The average molecular weight is 467 g/mol. The molecule has 34 heavy (non-hydrogen) atoms. The van der Waals surface area contributed by atoms with E-state index < -0.39 is 12.2 Å². The molecular formula is C28H38N2O4. The van der Waals surface area contributed by atoms with Crippen molar-refractivity contribution in [2.45, 2.75) is 50.7 Å². The molecule has 0 amide bonds. The number of hydrogen-bond acceptors (Lipinski definition) is 6. The molecule has 0 aromatic heterocycles. The molecule has 6 nitrogen and oxygen atoms in total. The molecule has 0 bridgehead atoms. The van der Waals surface area contributed by atoms with Crippen molar-refractivity contribution in [2.24, 2.45) is 0 Å². The molecule has 2 aliphatic carbocycles. The lowest BCUT2D eigenvalue weighted by molar-refractivity contribution is 0.0240. The highest BCUT2D eigenvalue weighted by atomic mass is 16.5. The van der Waals surface area contributed by atoms with Crippen molar-refractivity contribution < 1.29 is 19.7 Å². The second-order valence-corrected chi connectivity index (χ2v) is 10.1. The van der Waals surface area contributed by atoms with Crippen LogP contribution in [0, 0.1) is 0 Å². The normalized spacial score (nSPS) is 20.1. The first-order valence-corrected chi connectivity index (χ1v) is 12.9. The van der Waals surface area contributed by atoms with Gasteiger partial charge < -0.3 is 19.7 Å². The van der Waals surface area contributed by atoms with Gasteiger partial charge in [-0.1, -0.05) is 12.1 Å². The van der Waals surface area contributed by atoms with Crippen molar-refractivity contribution in [2.75, 3.05) is 52.5 Å². The van der Waals surface area contributed by atoms with E-state index in [-0.39, 0.29) is 0 Å². The number of benzene rings is 2. The molecule has 0 radical (unpaired) electrons. The number of aliphatic hydroxyl groups is 2. The Kier molecular flexibility index (Phi) is 7.70. The van der Waals surface area contributed by atoms with Crippen molar-refractivity contribution >= 4 is 0 Å². The number of ether oxygens (including phenoxy) is 2. The van der Waals surface area contributed by atoms with Gasteiger partial charge in [0, 0.05) is 39.3 Å². The van der Waals surface area contributed by atoms with Crippen LogP contribution < -0.4 is 9.47 Å². The number of hydrogen-bond donors (Lipinski definition) is 2. The summed E-state index contributed by atoms with van der Waals surface area (Å²) >= 11 is 0. The van der Waals surface area contributed by atoms with Gasteiger partial charge in [-0.25, -0.2) is 0 Å². The lowest BCUT2D eigenvalue weighted by Crippen LogP contribution is -2.51. The summed E-state index contributed by atoms with van der Waals surface area (Å²) in [6.45, 7) is 5.40. The first-order chi connectivity index (χ1) is 16.6. The van der Waals surface area contributed by atoms with E-state index in [9.17, 15) is 10.2 Å². The Morgan fingerprint density at radius 1 is 0.618 bits per heavy atom. The van der Waals surface area contributed by atoms with E-state index >= 15 is 0 Å². The van der Waals surface area contributed by atoms with E-state index in [1.807, 2.05) is 12.1 Å². The lowest BCUT2D eigenvalue weighted by atomic mass is 10.1. The zero-order valence-electron chi connectivity index (χ0n) is 20.1. The van der Waals surface area contributed by atoms with Gasteiger partial charge in [0.05, 0.1) is 0 Å². The predicted octanol–water partition coefficient (Wildman–Crippen LogP) is 2.46. The first-order valence-electron chi connectivity index (χ1n) is 12.9. The van der Waals surface area contributed by atoms with Crippen LogP contribution in [0.5, 0.6) is 11.5 Å². The van der Waals surface area contributed by atoms with E-state index in [0.717, 1.165) is 50.5 Å². The number of aliphatic hydroxyl groups excluding tert-OH is 2. The lowest BCUT2D eigenvalue weighted by Gasteiger charge is -2.36. The van der Waals surface area contributed by atoms with Crippen LogP contribution in [0.2, 0.25) is 0 Å². The molecule has 0 spiro atoms. The summed E-state index contributed by atoms with van der Waals surface area (Å²) in [6.07, 6.45) is 6.05. The summed E-state index contributed by atoms with van der Waals surface area (Å²) in [5, 5.41) is 20.9. The Balaban J connectivity index is 0.977. The fourth-order valence-corrected chi connectivity index (χ4v) is 5.52. The van der Waals surface area contributed by atoms with Crippen LogP contribution in [-0.4, -0.2) is 84.7 Å². The molecule has 2 N–H and O–H groups in total. The topological polar surface area (TPSA) is 65.4 Å². The molecule has 1 heterocycles. The van der Waals surface area contributed by atoms with E-state index in [1.54, 1.807) is 0 Å². The molecule has 0 saturated carbocycles. The zero-order chi connectivity index (χ0) is 23.3. The van der Waals surface area contributed by atoms with Crippen LogP contribution in [-0.2, 0) is 25.7 Å². The smallest absolute Gasteiger partial charge is 0.119 e. The third kappa shape index (κ3) is 6.11. The molecule has 3 aliphatic rings.